The molecule has 0 atom stereocenters. The topological polar surface area (TPSA) is 113 Å². The van der Waals surface area contributed by atoms with E-state index in [1.54, 1.807) is 43.2 Å². The number of carboxylic acids is 1. The molecule has 2 heterocycles. The Morgan fingerprint density at radius 3 is 2.50 bits per heavy atom. The van der Waals surface area contributed by atoms with Gasteiger partial charge in [0.25, 0.3) is 0 Å². The van der Waals surface area contributed by atoms with Crippen molar-refractivity contribution in [1.82, 2.24) is 14.9 Å². The standard InChI is InChI=1S/C18H20N4O3.3ClH/c1-20-9-12-15-13(22(2)14(7-19)16(15)18(24)25)6-11(17(12)23)10-4-3-5-21-8-10;;;/h3-6,8,20,23H,7,9,19H2,1-2H3,(H,24,25);3*1H. The highest BCUT2D eigenvalue weighted by Crippen LogP contribution is 2.40. The normalized spacial score (nSPS) is 9.96. The van der Waals surface area contributed by atoms with Gasteiger partial charge in [-0.25, -0.2) is 4.79 Å². The smallest absolute Gasteiger partial charge is 0.338 e. The molecule has 7 nitrogen and oxygen atoms in total. The number of phenolic OH excluding ortho intramolecular Hbond substituents is 1. The molecule has 0 aliphatic rings. The summed E-state index contributed by atoms with van der Waals surface area (Å²) >= 11 is 0. The molecule has 0 amide bonds. The van der Waals surface area contributed by atoms with Crippen LogP contribution in [0, 0.1) is 0 Å². The molecule has 0 bridgehead atoms. The Balaban J connectivity index is 0.00000243. The van der Waals surface area contributed by atoms with Crippen molar-refractivity contribution < 1.29 is 15.0 Å². The Labute approximate surface area is 181 Å². The number of carbonyl (C=O) groups is 1. The lowest BCUT2D eigenvalue weighted by Crippen LogP contribution is -2.10. The molecule has 0 aliphatic carbocycles. The third-order valence-electron chi connectivity index (χ3n) is 4.42. The largest absolute Gasteiger partial charge is 0.507 e. The number of benzene rings is 1. The van der Waals surface area contributed by atoms with Gasteiger partial charge in [0.15, 0.2) is 0 Å². The Kier molecular flexibility index (Phi) is 9.74. The van der Waals surface area contributed by atoms with Gasteiger partial charge in [0.1, 0.15) is 5.75 Å². The number of aromatic carboxylic acids is 1. The highest BCUT2D eigenvalue weighted by Gasteiger charge is 2.25. The molecule has 2 aromatic heterocycles. The van der Waals surface area contributed by atoms with Crippen LogP contribution in [0.3, 0.4) is 0 Å². The number of pyridine rings is 1. The van der Waals surface area contributed by atoms with E-state index in [1.807, 2.05) is 6.07 Å². The van der Waals surface area contributed by atoms with Gasteiger partial charge in [0, 0.05) is 60.3 Å². The third-order valence-corrected chi connectivity index (χ3v) is 4.42. The van der Waals surface area contributed by atoms with Crippen molar-refractivity contribution in [1.29, 1.82) is 0 Å². The number of phenols is 1. The molecule has 0 radical (unpaired) electrons. The molecule has 154 valence electrons. The number of rotatable bonds is 5. The van der Waals surface area contributed by atoms with Gasteiger partial charge in [-0.05, 0) is 19.2 Å². The van der Waals surface area contributed by atoms with E-state index in [2.05, 4.69) is 10.3 Å². The summed E-state index contributed by atoms with van der Waals surface area (Å²) in [6.07, 6.45) is 3.32. The maximum atomic E-state index is 11.8. The van der Waals surface area contributed by atoms with Gasteiger partial charge >= 0.3 is 5.97 Å². The molecule has 0 aliphatic heterocycles. The van der Waals surface area contributed by atoms with E-state index >= 15 is 0 Å². The van der Waals surface area contributed by atoms with Gasteiger partial charge in [0.05, 0.1) is 11.1 Å². The molecule has 10 heteroatoms. The van der Waals surface area contributed by atoms with Crippen LogP contribution in [0.15, 0.2) is 30.6 Å². The van der Waals surface area contributed by atoms with Crippen molar-refractivity contribution >= 4 is 54.1 Å². The predicted octanol–water partition coefficient (Wildman–Crippen LogP) is 3.09. The first-order valence-electron chi connectivity index (χ1n) is 7.85. The molecule has 1 aromatic carbocycles. The first-order chi connectivity index (χ1) is 12.0. The summed E-state index contributed by atoms with van der Waals surface area (Å²) in [4.78, 5) is 15.9. The van der Waals surface area contributed by atoms with Crippen LogP contribution in [-0.2, 0) is 20.1 Å². The maximum Gasteiger partial charge on any atom is 0.338 e. The van der Waals surface area contributed by atoms with Crippen LogP contribution in [0.5, 0.6) is 5.75 Å². The minimum absolute atomic E-state index is 0. The Morgan fingerprint density at radius 1 is 1.32 bits per heavy atom. The molecule has 0 unspecified atom stereocenters. The lowest BCUT2D eigenvalue weighted by Gasteiger charge is -2.13. The maximum absolute atomic E-state index is 11.8. The van der Waals surface area contributed by atoms with E-state index in [0.29, 0.717) is 34.3 Å². The summed E-state index contributed by atoms with van der Waals surface area (Å²) in [7, 11) is 3.53. The number of aryl methyl sites for hydroxylation is 1. The van der Waals surface area contributed by atoms with Gasteiger partial charge in [-0.1, -0.05) is 6.07 Å². The zero-order chi connectivity index (χ0) is 18.1. The van der Waals surface area contributed by atoms with Gasteiger partial charge in [-0.3, -0.25) is 4.98 Å². The number of carboxylic acid groups (broad SMARTS) is 1. The minimum Gasteiger partial charge on any atom is -0.507 e. The molecular weight excluding hydrogens is 427 g/mol. The van der Waals surface area contributed by atoms with Gasteiger partial charge < -0.3 is 25.8 Å². The summed E-state index contributed by atoms with van der Waals surface area (Å²) in [5.41, 5.74) is 9.05. The van der Waals surface area contributed by atoms with Gasteiger partial charge in [-0.2, -0.15) is 0 Å². The molecule has 3 rings (SSSR count). The first kappa shape index (κ1) is 26.0. The summed E-state index contributed by atoms with van der Waals surface area (Å²) in [6.45, 7) is 0.416. The quantitative estimate of drug-likeness (QED) is 0.476. The number of halogens is 3. The number of nitrogens with two attached hydrogens (primary N) is 1. The number of aromatic nitrogens is 2. The minimum atomic E-state index is -1.06. The first-order valence-corrected chi connectivity index (χ1v) is 7.85. The summed E-state index contributed by atoms with van der Waals surface area (Å²) < 4.78 is 1.78. The van der Waals surface area contributed by atoms with Crippen LogP contribution in [0.2, 0.25) is 0 Å². The zero-order valence-electron chi connectivity index (χ0n) is 15.3. The van der Waals surface area contributed by atoms with Gasteiger partial charge in [0.2, 0.25) is 0 Å². The van der Waals surface area contributed by atoms with Crippen molar-refractivity contribution in [2.24, 2.45) is 12.8 Å². The molecule has 0 saturated heterocycles. The van der Waals surface area contributed by atoms with Crippen molar-refractivity contribution in [3.8, 4) is 16.9 Å². The molecule has 0 saturated carbocycles. The fraction of sp³-hybridized carbons (Fsp3) is 0.222. The monoisotopic (exact) mass is 448 g/mol. The number of hydrogen-bond acceptors (Lipinski definition) is 5. The SMILES string of the molecule is CNCc1c(O)c(-c2cccnc2)cc2c1c(C(=O)O)c(CN)n2C.Cl.Cl.Cl. The summed E-state index contributed by atoms with van der Waals surface area (Å²) in [5, 5.41) is 24.1. The zero-order valence-corrected chi connectivity index (χ0v) is 17.7. The van der Waals surface area contributed by atoms with Gasteiger partial charge in [-0.15, -0.1) is 37.2 Å². The van der Waals surface area contributed by atoms with Crippen molar-refractivity contribution in [3.63, 3.8) is 0 Å². The number of nitrogens with one attached hydrogen (secondary N) is 1. The second kappa shape index (κ2) is 10.5. The van der Waals surface area contributed by atoms with Crippen molar-refractivity contribution in [2.75, 3.05) is 7.05 Å². The molecular formula is C18H23Cl3N4O3. The lowest BCUT2D eigenvalue weighted by molar-refractivity contribution is 0.0697. The fourth-order valence-corrected chi connectivity index (χ4v) is 3.27. The molecule has 3 aromatic rings. The van der Waals surface area contributed by atoms with E-state index in [9.17, 15) is 15.0 Å². The summed E-state index contributed by atoms with van der Waals surface area (Å²) in [6, 6.07) is 5.42. The molecule has 28 heavy (non-hydrogen) atoms. The van der Waals surface area contributed by atoms with E-state index in [-0.39, 0.29) is 55.1 Å². The second-order valence-electron chi connectivity index (χ2n) is 5.81. The second-order valence-corrected chi connectivity index (χ2v) is 5.81. The van der Waals surface area contributed by atoms with Crippen LogP contribution in [0.25, 0.3) is 22.0 Å². The third kappa shape index (κ3) is 4.19. The fourth-order valence-electron chi connectivity index (χ4n) is 3.27. The predicted molar refractivity (Wildman–Crippen MR) is 117 cm³/mol. The van der Waals surface area contributed by atoms with Crippen molar-refractivity contribution in [2.45, 2.75) is 13.1 Å². The Hall–Kier alpha value is -2.03. The number of hydrogen-bond donors (Lipinski definition) is 4. The van der Waals surface area contributed by atoms with Crippen LogP contribution in [0.4, 0.5) is 0 Å². The Bertz CT molecular complexity index is 962. The molecule has 0 fully saturated rings. The highest BCUT2D eigenvalue weighted by molar-refractivity contribution is 6.08. The highest BCUT2D eigenvalue weighted by atomic mass is 35.5. The number of nitrogens with zero attached hydrogens (tertiary/aromatic N) is 2. The Morgan fingerprint density at radius 2 is 2.00 bits per heavy atom. The lowest BCUT2D eigenvalue weighted by atomic mass is 9.97. The van der Waals surface area contributed by atoms with Crippen LogP contribution in [0.1, 0.15) is 21.6 Å². The number of aromatic hydroxyl groups is 1. The average molecular weight is 450 g/mol. The van der Waals surface area contributed by atoms with Crippen molar-refractivity contribution in [3.05, 3.63) is 47.4 Å². The van der Waals surface area contributed by atoms with E-state index < -0.39 is 5.97 Å². The average Bonchev–Trinajstić information content (AvgIpc) is 2.90. The molecule has 5 N–H and O–H groups in total. The number of fused-ring (bicyclic) bond motifs is 1. The van der Waals surface area contributed by atoms with Crippen LogP contribution in [-0.4, -0.2) is 32.8 Å². The van der Waals surface area contributed by atoms with E-state index in [0.717, 1.165) is 5.56 Å². The summed E-state index contributed by atoms with van der Waals surface area (Å²) in [5.74, 6) is -1.01. The van der Waals surface area contributed by atoms with E-state index in [4.69, 9.17) is 5.73 Å². The molecule has 0 spiro atoms. The van der Waals surface area contributed by atoms with Crippen LogP contribution < -0.4 is 11.1 Å². The van der Waals surface area contributed by atoms with E-state index in [1.165, 1.54) is 0 Å². The van der Waals surface area contributed by atoms with Crippen LogP contribution >= 0.6 is 37.2 Å².